The molecule has 0 aliphatic heterocycles. The molecule has 2 nitrogen and oxygen atoms in total. The Morgan fingerprint density at radius 3 is 2.59 bits per heavy atom. The van der Waals surface area contributed by atoms with E-state index in [-0.39, 0.29) is 5.91 Å². The molecule has 0 aliphatic rings. The van der Waals surface area contributed by atoms with E-state index in [0.717, 1.165) is 24.6 Å². The van der Waals surface area contributed by atoms with Crippen molar-refractivity contribution in [3.63, 3.8) is 0 Å². The summed E-state index contributed by atoms with van der Waals surface area (Å²) in [7, 11) is 0. The van der Waals surface area contributed by atoms with Crippen LogP contribution in [0.1, 0.15) is 20.1 Å². The number of hydrogen-bond donors (Lipinski definition) is 1. The van der Waals surface area contributed by atoms with Gasteiger partial charge in [0, 0.05) is 13.3 Å². The molecule has 0 saturated carbocycles. The van der Waals surface area contributed by atoms with Crippen LogP contribution in [0.5, 0.6) is 0 Å². The highest BCUT2D eigenvalue weighted by atomic mass is 127. The standard InChI is InChI=1S/C13H12INOS/c1-8-7-10(9(2)17-8)13(16)15-12-6-4-3-5-11(12)14/h3-7H,1-2H3,(H,15,16). The van der Waals surface area contributed by atoms with Crippen molar-refractivity contribution in [1.29, 1.82) is 0 Å². The van der Waals surface area contributed by atoms with Crippen LogP contribution in [0.4, 0.5) is 5.69 Å². The Morgan fingerprint density at radius 2 is 2.00 bits per heavy atom. The number of para-hydroxylation sites is 1. The van der Waals surface area contributed by atoms with Crippen LogP contribution in [0.25, 0.3) is 0 Å². The number of rotatable bonds is 2. The smallest absolute Gasteiger partial charge is 0.256 e. The van der Waals surface area contributed by atoms with E-state index in [0.29, 0.717) is 0 Å². The minimum Gasteiger partial charge on any atom is -0.321 e. The maximum absolute atomic E-state index is 12.1. The summed E-state index contributed by atoms with van der Waals surface area (Å²) in [4.78, 5) is 14.3. The number of hydrogen-bond acceptors (Lipinski definition) is 2. The second-order valence-electron chi connectivity index (χ2n) is 3.76. The molecule has 0 unspecified atom stereocenters. The minimum absolute atomic E-state index is 0.0315. The lowest BCUT2D eigenvalue weighted by atomic mass is 10.2. The van der Waals surface area contributed by atoms with Gasteiger partial charge in [0.05, 0.1) is 11.3 Å². The zero-order chi connectivity index (χ0) is 12.4. The predicted molar refractivity (Wildman–Crippen MR) is 80.9 cm³/mol. The van der Waals surface area contributed by atoms with E-state index in [1.807, 2.05) is 44.2 Å². The number of anilines is 1. The normalized spacial score (nSPS) is 10.3. The van der Waals surface area contributed by atoms with Crippen molar-refractivity contribution in [3.05, 3.63) is 49.2 Å². The fourth-order valence-corrected chi connectivity index (χ4v) is 3.05. The van der Waals surface area contributed by atoms with Crippen molar-refractivity contribution in [1.82, 2.24) is 0 Å². The molecule has 1 heterocycles. The van der Waals surface area contributed by atoms with Gasteiger partial charge in [-0.2, -0.15) is 0 Å². The molecule has 1 aromatic carbocycles. The van der Waals surface area contributed by atoms with Gasteiger partial charge in [-0.3, -0.25) is 4.79 Å². The van der Waals surface area contributed by atoms with Crippen LogP contribution < -0.4 is 5.32 Å². The van der Waals surface area contributed by atoms with Crippen LogP contribution in [0.15, 0.2) is 30.3 Å². The van der Waals surface area contributed by atoms with E-state index < -0.39 is 0 Å². The first-order valence-corrected chi connectivity index (χ1v) is 7.10. The third-order valence-corrected chi connectivity index (χ3v) is 4.31. The van der Waals surface area contributed by atoms with Crippen LogP contribution in [0, 0.1) is 17.4 Å². The van der Waals surface area contributed by atoms with Crippen molar-refractivity contribution in [2.45, 2.75) is 13.8 Å². The zero-order valence-electron chi connectivity index (χ0n) is 9.58. The Labute approximate surface area is 118 Å². The van der Waals surface area contributed by atoms with Crippen molar-refractivity contribution in [2.75, 3.05) is 5.32 Å². The highest BCUT2D eigenvalue weighted by molar-refractivity contribution is 14.1. The highest BCUT2D eigenvalue weighted by Crippen LogP contribution is 2.23. The average Bonchev–Trinajstić information content (AvgIpc) is 2.61. The van der Waals surface area contributed by atoms with Gasteiger partial charge in [0.15, 0.2) is 0 Å². The van der Waals surface area contributed by atoms with Gasteiger partial charge in [0.1, 0.15) is 0 Å². The SMILES string of the molecule is Cc1cc(C(=O)Nc2ccccc2I)c(C)s1. The first kappa shape index (κ1) is 12.6. The maximum atomic E-state index is 12.1. The number of thiophene rings is 1. The number of aryl methyl sites for hydroxylation is 2. The highest BCUT2D eigenvalue weighted by Gasteiger charge is 2.12. The lowest BCUT2D eigenvalue weighted by molar-refractivity contribution is 0.102. The van der Waals surface area contributed by atoms with Crippen LogP contribution in [-0.2, 0) is 0 Å². The molecule has 0 aliphatic carbocycles. The summed E-state index contributed by atoms with van der Waals surface area (Å²) in [6.07, 6.45) is 0. The Morgan fingerprint density at radius 1 is 1.29 bits per heavy atom. The second-order valence-corrected chi connectivity index (χ2v) is 6.38. The minimum atomic E-state index is -0.0315. The van der Waals surface area contributed by atoms with Crippen molar-refractivity contribution in [3.8, 4) is 0 Å². The fraction of sp³-hybridized carbons (Fsp3) is 0.154. The molecule has 1 aromatic heterocycles. The zero-order valence-corrected chi connectivity index (χ0v) is 12.6. The molecule has 0 radical (unpaired) electrons. The van der Waals surface area contributed by atoms with Crippen molar-refractivity contribution in [2.24, 2.45) is 0 Å². The third-order valence-electron chi connectivity index (χ3n) is 2.41. The van der Waals surface area contributed by atoms with Crippen LogP contribution in [0.2, 0.25) is 0 Å². The number of amides is 1. The number of benzene rings is 1. The van der Waals surface area contributed by atoms with E-state index in [9.17, 15) is 4.79 Å². The summed E-state index contributed by atoms with van der Waals surface area (Å²) >= 11 is 3.86. The van der Waals surface area contributed by atoms with Gasteiger partial charge < -0.3 is 5.32 Å². The Balaban J connectivity index is 2.23. The van der Waals surface area contributed by atoms with Gasteiger partial charge in [0.2, 0.25) is 0 Å². The van der Waals surface area contributed by atoms with E-state index in [1.54, 1.807) is 11.3 Å². The van der Waals surface area contributed by atoms with Gasteiger partial charge in [-0.1, -0.05) is 12.1 Å². The first-order chi connectivity index (χ1) is 8.08. The number of halogens is 1. The molecule has 4 heteroatoms. The molecule has 0 atom stereocenters. The average molecular weight is 357 g/mol. The summed E-state index contributed by atoms with van der Waals surface area (Å²) in [5.41, 5.74) is 1.63. The molecule has 0 saturated heterocycles. The summed E-state index contributed by atoms with van der Waals surface area (Å²) in [6.45, 7) is 3.99. The summed E-state index contributed by atoms with van der Waals surface area (Å²) in [5.74, 6) is -0.0315. The van der Waals surface area contributed by atoms with Gasteiger partial charge in [-0.25, -0.2) is 0 Å². The van der Waals surface area contributed by atoms with Crippen LogP contribution in [-0.4, -0.2) is 5.91 Å². The molecule has 0 fully saturated rings. The number of carbonyl (C=O) groups is 1. The topological polar surface area (TPSA) is 29.1 Å². The fourth-order valence-electron chi connectivity index (χ4n) is 1.61. The molecular weight excluding hydrogens is 345 g/mol. The molecule has 2 aromatic rings. The van der Waals surface area contributed by atoms with E-state index in [4.69, 9.17) is 0 Å². The van der Waals surface area contributed by atoms with Gasteiger partial charge in [-0.05, 0) is 54.6 Å². The summed E-state index contributed by atoms with van der Waals surface area (Å²) in [6, 6.07) is 9.70. The molecular formula is C13H12INOS. The lowest BCUT2D eigenvalue weighted by Crippen LogP contribution is -2.12. The summed E-state index contributed by atoms with van der Waals surface area (Å²) < 4.78 is 1.04. The lowest BCUT2D eigenvalue weighted by Gasteiger charge is -2.06. The van der Waals surface area contributed by atoms with Crippen LogP contribution >= 0.6 is 33.9 Å². The molecule has 17 heavy (non-hydrogen) atoms. The molecule has 1 N–H and O–H groups in total. The maximum Gasteiger partial charge on any atom is 0.256 e. The van der Waals surface area contributed by atoms with E-state index in [1.165, 1.54) is 0 Å². The summed E-state index contributed by atoms with van der Waals surface area (Å²) in [5, 5.41) is 2.94. The molecule has 88 valence electrons. The van der Waals surface area contributed by atoms with Crippen molar-refractivity contribution >= 4 is 45.5 Å². The Hall–Kier alpha value is -0.880. The largest absolute Gasteiger partial charge is 0.321 e. The molecule has 2 rings (SSSR count). The van der Waals surface area contributed by atoms with Gasteiger partial charge in [-0.15, -0.1) is 11.3 Å². The molecule has 1 amide bonds. The Kier molecular flexibility index (Phi) is 3.83. The predicted octanol–water partition coefficient (Wildman–Crippen LogP) is 4.22. The van der Waals surface area contributed by atoms with Crippen molar-refractivity contribution < 1.29 is 4.79 Å². The monoisotopic (exact) mass is 357 g/mol. The second kappa shape index (κ2) is 5.18. The quantitative estimate of drug-likeness (QED) is 0.801. The number of nitrogens with one attached hydrogen (secondary N) is 1. The van der Waals surface area contributed by atoms with Gasteiger partial charge in [0.25, 0.3) is 5.91 Å². The molecule has 0 spiro atoms. The van der Waals surface area contributed by atoms with E-state index >= 15 is 0 Å². The third kappa shape index (κ3) is 2.87. The Bertz CT molecular complexity index is 562. The van der Waals surface area contributed by atoms with E-state index in [2.05, 4.69) is 27.9 Å². The first-order valence-electron chi connectivity index (χ1n) is 5.21. The van der Waals surface area contributed by atoms with Crippen LogP contribution in [0.3, 0.4) is 0 Å². The number of carbonyl (C=O) groups excluding carboxylic acids is 1. The molecule has 0 bridgehead atoms. The van der Waals surface area contributed by atoms with Gasteiger partial charge >= 0.3 is 0 Å².